The molecule has 0 atom stereocenters. The molecule has 0 amide bonds. The number of anilines is 2. The van der Waals surface area contributed by atoms with Gasteiger partial charge in [-0.15, -0.1) is 11.3 Å². The van der Waals surface area contributed by atoms with Crippen LogP contribution < -0.4 is 11.1 Å². The number of nitrogen functional groups attached to an aromatic ring is 1. The van der Waals surface area contributed by atoms with E-state index in [1.54, 1.807) is 23.5 Å². The van der Waals surface area contributed by atoms with Gasteiger partial charge < -0.3 is 11.1 Å². The molecule has 0 aliphatic rings. The first-order valence-corrected chi connectivity index (χ1v) is 6.06. The molecule has 0 aromatic carbocycles. The third-order valence-corrected chi connectivity index (χ3v) is 3.33. The lowest BCUT2D eigenvalue weighted by Crippen LogP contribution is -2.03. The van der Waals surface area contributed by atoms with E-state index in [4.69, 9.17) is 17.3 Å². The molecule has 2 rings (SSSR count). The predicted octanol–water partition coefficient (Wildman–Crippen LogP) is 3.30. The van der Waals surface area contributed by atoms with Gasteiger partial charge in [0.05, 0.1) is 12.2 Å². The summed E-state index contributed by atoms with van der Waals surface area (Å²) in [7, 11) is 0. The zero-order valence-corrected chi connectivity index (χ0v) is 10.4. The van der Waals surface area contributed by atoms with Gasteiger partial charge in [-0.1, -0.05) is 11.6 Å². The fraction of sp³-hybridized carbons (Fsp3) is 0.182. The number of thiophene rings is 1. The molecule has 0 aliphatic carbocycles. The highest BCUT2D eigenvalue weighted by Gasteiger charge is 2.02. The summed E-state index contributed by atoms with van der Waals surface area (Å²) in [6.07, 6.45) is 0. The fourth-order valence-corrected chi connectivity index (χ4v) is 2.32. The first kappa shape index (κ1) is 11.2. The van der Waals surface area contributed by atoms with Crippen molar-refractivity contribution in [3.63, 3.8) is 0 Å². The van der Waals surface area contributed by atoms with E-state index in [1.807, 2.05) is 0 Å². The largest absolute Gasteiger partial charge is 0.396 e. The van der Waals surface area contributed by atoms with Crippen LogP contribution in [0.4, 0.5) is 11.5 Å². The van der Waals surface area contributed by atoms with Crippen LogP contribution in [0.3, 0.4) is 0 Å². The molecule has 3 N–H and O–H groups in total. The average Bonchev–Trinajstić information content (AvgIpc) is 2.66. The van der Waals surface area contributed by atoms with Crippen molar-refractivity contribution in [2.45, 2.75) is 13.5 Å². The molecular formula is C11H12ClN3S. The standard InChI is InChI=1S/C11H12ClN3S/c1-7-2-3-8(16-7)6-14-11-9(13)4-5-10(12)15-11/h2-5H,6,13H2,1H3,(H,14,15). The summed E-state index contributed by atoms with van der Waals surface area (Å²) in [6, 6.07) is 7.61. The Labute approximate surface area is 103 Å². The van der Waals surface area contributed by atoms with E-state index in [-0.39, 0.29) is 0 Å². The van der Waals surface area contributed by atoms with Crippen molar-refractivity contribution in [3.8, 4) is 0 Å². The highest BCUT2D eigenvalue weighted by Crippen LogP contribution is 2.21. The van der Waals surface area contributed by atoms with Crippen molar-refractivity contribution in [2.75, 3.05) is 11.1 Å². The zero-order chi connectivity index (χ0) is 11.5. The summed E-state index contributed by atoms with van der Waals surface area (Å²) >= 11 is 7.55. The van der Waals surface area contributed by atoms with Crippen molar-refractivity contribution in [3.05, 3.63) is 39.2 Å². The van der Waals surface area contributed by atoms with Crippen molar-refractivity contribution in [1.29, 1.82) is 0 Å². The van der Waals surface area contributed by atoms with Crippen LogP contribution in [0, 0.1) is 6.92 Å². The Morgan fingerprint density at radius 2 is 2.19 bits per heavy atom. The lowest BCUT2D eigenvalue weighted by atomic mass is 10.4. The van der Waals surface area contributed by atoms with Crippen molar-refractivity contribution >= 4 is 34.4 Å². The molecule has 2 heterocycles. The summed E-state index contributed by atoms with van der Waals surface area (Å²) in [5.74, 6) is 0.638. The third-order valence-electron chi connectivity index (χ3n) is 2.12. The van der Waals surface area contributed by atoms with Crippen LogP contribution in [0.1, 0.15) is 9.75 Å². The summed E-state index contributed by atoms with van der Waals surface area (Å²) in [5.41, 5.74) is 6.39. The minimum atomic E-state index is 0.444. The molecule has 2 aromatic rings. The summed E-state index contributed by atoms with van der Waals surface area (Å²) < 4.78 is 0. The molecule has 3 nitrogen and oxygen atoms in total. The third kappa shape index (κ3) is 2.65. The minimum Gasteiger partial charge on any atom is -0.396 e. The molecular weight excluding hydrogens is 242 g/mol. The Morgan fingerprint density at radius 1 is 1.38 bits per heavy atom. The molecule has 0 spiro atoms. The topological polar surface area (TPSA) is 50.9 Å². The second kappa shape index (κ2) is 4.72. The highest BCUT2D eigenvalue weighted by atomic mass is 35.5. The van der Waals surface area contributed by atoms with Gasteiger partial charge in [0.2, 0.25) is 0 Å². The Bertz CT molecular complexity index is 496. The first-order valence-electron chi connectivity index (χ1n) is 4.86. The number of hydrogen-bond acceptors (Lipinski definition) is 4. The second-order valence-corrected chi connectivity index (χ2v) is 5.20. The quantitative estimate of drug-likeness (QED) is 0.826. The molecule has 16 heavy (non-hydrogen) atoms. The van der Waals surface area contributed by atoms with E-state index in [0.717, 1.165) is 6.54 Å². The van der Waals surface area contributed by atoms with Crippen LogP contribution in [-0.4, -0.2) is 4.98 Å². The van der Waals surface area contributed by atoms with Gasteiger partial charge in [0.15, 0.2) is 5.82 Å². The molecule has 0 radical (unpaired) electrons. The maximum absolute atomic E-state index is 5.80. The van der Waals surface area contributed by atoms with Crippen LogP contribution in [0.25, 0.3) is 0 Å². The maximum Gasteiger partial charge on any atom is 0.151 e. The summed E-state index contributed by atoms with van der Waals surface area (Å²) in [6.45, 7) is 2.80. The molecule has 5 heteroatoms. The van der Waals surface area contributed by atoms with Crippen LogP contribution in [0.2, 0.25) is 5.15 Å². The van der Waals surface area contributed by atoms with Crippen LogP contribution in [-0.2, 0) is 6.54 Å². The maximum atomic E-state index is 5.80. The molecule has 2 aromatic heterocycles. The number of aryl methyl sites for hydroxylation is 1. The van der Waals surface area contributed by atoms with E-state index in [2.05, 4.69) is 29.4 Å². The SMILES string of the molecule is Cc1ccc(CNc2nc(Cl)ccc2N)s1. The molecule has 0 fully saturated rings. The Kier molecular flexibility index (Phi) is 3.31. The number of rotatable bonds is 3. The lowest BCUT2D eigenvalue weighted by Gasteiger charge is -2.06. The zero-order valence-electron chi connectivity index (χ0n) is 8.83. The van der Waals surface area contributed by atoms with Crippen LogP contribution in [0.15, 0.2) is 24.3 Å². The Morgan fingerprint density at radius 3 is 2.88 bits per heavy atom. The minimum absolute atomic E-state index is 0.444. The highest BCUT2D eigenvalue weighted by molar-refractivity contribution is 7.11. The van der Waals surface area contributed by atoms with Crippen molar-refractivity contribution in [2.24, 2.45) is 0 Å². The van der Waals surface area contributed by atoms with E-state index < -0.39 is 0 Å². The summed E-state index contributed by atoms with van der Waals surface area (Å²) in [4.78, 5) is 6.67. The molecule has 0 bridgehead atoms. The van der Waals surface area contributed by atoms with Crippen molar-refractivity contribution in [1.82, 2.24) is 4.98 Å². The second-order valence-electron chi connectivity index (χ2n) is 3.44. The van der Waals surface area contributed by atoms with E-state index in [0.29, 0.717) is 16.7 Å². The number of halogens is 1. The van der Waals surface area contributed by atoms with E-state index in [9.17, 15) is 0 Å². The van der Waals surface area contributed by atoms with Crippen LogP contribution >= 0.6 is 22.9 Å². The Balaban J connectivity index is 2.07. The number of nitrogens with two attached hydrogens (primary N) is 1. The fourth-order valence-electron chi connectivity index (χ4n) is 1.34. The van der Waals surface area contributed by atoms with Gasteiger partial charge in [0, 0.05) is 9.75 Å². The predicted molar refractivity (Wildman–Crippen MR) is 70.0 cm³/mol. The number of hydrogen-bond donors (Lipinski definition) is 2. The van der Waals surface area contributed by atoms with E-state index in [1.165, 1.54) is 9.75 Å². The van der Waals surface area contributed by atoms with Gasteiger partial charge in [0.25, 0.3) is 0 Å². The number of nitrogens with one attached hydrogen (secondary N) is 1. The van der Waals surface area contributed by atoms with Gasteiger partial charge in [-0.3, -0.25) is 0 Å². The first-order chi connectivity index (χ1) is 7.65. The molecule has 0 saturated carbocycles. The number of pyridine rings is 1. The number of nitrogens with zero attached hydrogens (tertiary/aromatic N) is 1. The molecule has 0 aliphatic heterocycles. The molecule has 84 valence electrons. The van der Waals surface area contributed by atoms with Gasteiger partial charge in [-0.05, 0) is 31.2 Å². The van der Waals surface area contributed by atoms with E-state index >= 15 is 0 Å². The van der Waals surface area contributed by atoms with Gasteiger partial charge in [-0.2, -0.15) is 0 Å². The Hall–Kier alpha value is -1.26. The molecule has 0 saturated heterocycles. The van der Waals surface area contributed by atoms with Gasteiger partial charge in [-0.25, -0.2) is 4.98 Å². The number of aromatic nitrogens is 1. The average molecular weight is 254 g/mol. The smallest absolute Gasteiger partial charge is 0.151 e. The lowest BCUT2D eigenvalue weighted by molar-refractivity contribution is 1.14. The normalized spacial score (nSPS) is 10.4. The monoisotopic (exact) mass is 253 g/mol. The van der Waals surface area contributed by atoms with Crippen LogP contribution in [0.5, 0.6) is 0 Å². The summed E-state index contributed by atoms with van der Waals surface area (Å²) in [5, 5.41) is 3.62. The van der Waals surface area contributed by atoms with Gasteiger partial charge in [0.1, 0.15) is 5.15 Å². The molecule has 0 unspecified atom stereocenters. The van der Waals surface area contributed by atoms with Gasteiger partial charge >= 0.3 is 0 Å². The van der Waals surface area contributed by atoms with Crippen molar-refractivity contribution < 1.29 is 0 Å².